The summed E-state index contributed by atoms with van der Waals surface area (Å²) in [4.78, 5) is 16.4. The summed E-state index contributed by atoms with van der Waals surface area (Å²) in [6.07, 6.45) is 5.56. The van der Waals surface area contributed by atoms with Crippen molar-refractivity contribution in [1.82, 2.24) is 4.90 Å². The first kappa shape index (κ1) is 9.39. The molecular formula is C10H13N3O. The van der Waals surface area contributed by atoms with Crippen LogP contribution in [0.4, 0.5) is 0 Å². The summed E-state index contributed by atoms with van der Waals surface area (Å²) in [5.41, 5.74) is -0.790. The fourth-order valence-corrected chi connectivity index (χ4v) is 2.65. The quantitative estimate of drug-likeness (QED) is 0.456. The van der Waals surface area contributed by atoms with E-state index in [0.717, 1.165) is 25.9 Å². The minimum atomic E-state index is -0.790. The van der Waals surface area contributed by atoms with Crippen LogP contribution in [-0.2, 0) is 4.79 Å². The van der Waals surface area contributed by atoms with E-state index in [4.69, 9.17) is 5.26 Å². The van der Waals surface area contributed by atoms with Crippen molar-refractivity contribution < 1.29 is 4.79 Å². The average Bonchev–Trinajstić information content (AvgIpc) is 2.59. The maximum Gasteiger partial charge on any atom is 0.236 e. The lowest BCUT2D eigenvalue weighted by atomic mass is 9.87. The molecule has 2 heterocycles. The maximum absolute atomic E-state index is 10.3. The molecule has 0 aromatic heterocycles. The van der Waals surface area contributed by atoms with Gasteiger partial charge in [-0.15, -0.1) is 0 Å². The van der Waals surface area contributed by atoms with E-state index < -0.39 is 5.54 Å². The van der Waals surface area contributed by atoms with Crippen LogP contribution in [0.25, 0.3) is 0 Å². The molecule has 0 saturated carbocycles. The van der Waals surface area contributed by atoms with Gasteiger partial charge in [0.1, 0.15) is 0 Å². The van der Waals surface area contributed by atoms with Gasteiger partial charge in [0.05, 0.1) is 6.07 Å². The number of nitriles is 1. The van der Waals surface area contributed by atoms with Crippen molar-refractivity contribution in [3.8, 4) is 6.07 Å². The number of nitrogens with zero attached hydrogens (tertiary/aromatic N) is 3. The lowest BCUT2D eigenvalue weighted by Gasteiger charge is -2.33. The molecule has 2 saturated heterocycles. The number of rotatable bonds is 1. The molecule has 2 rings (SSSR count). The van der Waals surface area contributed by atoms with E-state index in [9.17, 15) is 4.79 Å². The summed E-state index contributed by atoms with van der Waals surface area (Å²) >= 11 is 0. The molecule has 0 spiro atoms. The molecular weight excluding hydrogens is 178 g/mol. The van der Waals surface area contributed by atoms with Gasteiger partial charge in [-0.1, -0.05) is 6.42 Å². The predicted octanol–water partition coefficient (Wildman–Crippen LogP) is 0.843. The van der Waals surface area contributed by atoms with Gasteiger partial charge >= 0.3 is 0 Å². The Balaban J connectivity index is 2.28. The minimum Gasteiger partial charge on any atom is -0.297 e. The first-order chi connectivity index (χ1) is 6.82. The molecule has 0 aliphatic carbocycles. The van der Waals surface area contributed by atoms with Crippen molar-refractivity contribution in [2.75, 3.05) is 13.1 Å². The highest BCUT2D eigenvalue weighted by atomic mass is 16.1. The second-order valence-corrected chi connectivity index (χ2v) is 4.04. The van der Waals surface area contributed by atoms with Crippen LogP contribution in [0.2, 0.25) is 0 Å². The van der Waals surface area contributed by atoms with Gasteiger partial charge in [-0.3, -0.25) is 4.90 Å². The highest BCUT2D eigenvalue weighted by Gasteiger charge is 2.48. The van der Waals surface area contributed by atoms with Crippen LogP contribution >= 0.6 is 0 Å². The van der Waals surface area contributed by atoms with Crippen molar-refractivity contribution >= 4 is 6.08 Å². The fraction of sp³-hybridized carbons (Fsp3) is 0.800. The van der Waals surface area contributed by atoms with Gasteiger partial charge in [-0.05, 0) is 19.4 Å². The van der Waals surface area contributed by atoms with Gasteiger partial charge in [0, 0.05) is 19.0 Å². The zero-order valence-electron chi connectivity index (χ0n) is 8.07. The third-order valence-corrected chi connectivity index (χ3v) is 3.38. The Bertz CT molecular complexity index is 316. The number of fused-ring (bicyclic) bond motifs is 1. The maximum atomic E-state index is 10.3. The van der Waals surface area contributed by atoms with Gasteiger partial charge in [0.15, 0.2) is 5.54 Å². The molecule has 0 N–H and O–H groups in total. The largest absolute Gasteiger partial charge is 0.297 e. The molecule has 0 aromatic rings. The smallest absolute Gasteiger partial charge is 0.236 e. The van der Waals surface area contributed by atoms with Crippen molar-refractivity contribution in [3.05, 3.63) is 0 Å². The molecule has 74 valence electrons. The highest BCUT2D eigenvalue weighted by Crippen LogP contribution is 2.37. The Hall–Kier alpha value is -1.17. The SMILES string of the molecule is N#CC1(N=C=O)CCN2CCCCC21. The van der Waals surface area contributed by atoms with Crippen LogP contribution in [0.15, 0.2) is 4.99 Å². The molecule has 2 unspecified atom stereocenters. The van der Waals surface area contributed by atoms with E-state index in [0.29, 0.717) is 6.42 Å². The van der Waals surface area contributed by atoms with E-state index >= 15 is 0 Å². The molecule has 0 radical (unpaired) electrons. The van der Waals surface area contributed by atoms with Crippen LogP contribution in [0.1, 0.15) is 25.7 Å². The van der Waals surface area contributed by atoms with Crippen molar-refractivity contribution in [3.63, 3.8) is 0 Å². The Morgan fingerprint density at radius 3 is 3.00 bits per heavy atom. The minimum absolute atomic E-state index is 0.155. The predicted molar refractivity (Wildman–Crippen MR) is 50.3 cm³/mol. The molecule has 4 heteroatoms. The molecule has 0 amide bonds. The molecule has 4 nitrogen and oxygen atoms in total. The number of piperidine rings is 1. The summed E-state index contributed by atoms with van der Waals surface area (Å²) in [6, 6.07) is 2.36. The van der Waals surface area contributed by atoms with E-state index in [1.807, 2.05) is 0 Å². The van der Waals surface area contributed by atoms with Gasteiger partial charge < -0.3 is 0 Å². The standard InChI is InChI=1S/C10H13N3O/c11-7-10(12-8-14)4-6-13-5-2-1-3-9(10)13/h9H,1-6H2. The van der Waals surface area contributed by atoms with Crippen LogP contribution < -0.4 is 0 Å². The lowest BCUT2D eigenvalue weighted by Crippen LogP contribution is -2.45. The summed E-state index contributed by atoms with van der Waals surface area (Å²) in [5, 5.41) is 9.14. The van der Waals surface area contributed by atoms with Gasteiger partial charge in [-0.2, -0.15) is 10.3 Å². The second-order valence-electron chi connectivity index (χ2n) is 4.04. The highest BCUT2D eigenvalue weighted by molar-refractivity contribution is 5.39. The van der Waals surface area contributed by atoms with Gasteiger partial charge in [0.25, 0.3) is 0 Å². The monoisotopic (exact) mass is 191 g/mol. The van der Waals surface area contributed by atoms with Crippen molar-refractivity contribution in [2.45, 2.75) is 37.3 Å². The molecule has 14 heavy (non-hydrogen) atoms. The second kappa shape index (κ2) is 3.53. The zero-order valence-corrected chi connectivity index (χ0v) is 8.07. The van der Waals surface area contributed by atoms with Crippen molar-refractivity contribution in [2.24, 2.45) is 4.99 Å². The van der Waals surface area contributed by atoms with Crippen LogP contribution in [0, 0.1) is 11.3 Å². The number of isocyanates is 1. The Morgan fingerprint density at radius 2 is 2.29 bits per heavy atom. The molecule has 0 aromatic carbocycles. The molecule has 2 aliphatic rings. The summed E-state index contributed by atoms with van der Waals surface area (Å²) in [7, 11) is 0. The Labute approximate surface area is 83.2 Å². The summed E-state index contributed by atoms with van der Waals surface area (Å²) in [6.45, 7) is 1.94. The fourth-order valence-electron chi connectivity index (χ4n) is 2.65. The Morgan fingerprint density at radius 1 is 1.43 bits per heavy atom. The molecule has 2 atom stereocenters. The molecule has 0 bridgehead atoms. The first-order valence-corrected chi connectivity index (χ1v) is 5.07. The number of carbonyl (C=O) groups excluding carboxylic acids is 1. The number of aliphatic imine (C=N–C) groups is 1. The van der Waals surface area contributed by atoms with E-state index in [1.54, 1.807) is 6.08 Å². The van der Waals surface area contributed by atoms with Gasteiger partial charge in [0.2, 0.25) is 6.08 Å². The topological polar surface area (TPSA) is 56.5 Å². The normalized spacial score (nSPS) is 36.9. The van der Waals surface area contributed by atoms with Crippen LogP contribution in [0.3, 0.4) is 0 Å². The van der Waals surface area contributed by atoms with Crippen LogP contribution in [-0.4, -0.2) is 35.7 Å². The summed E-state index contributed by atoms with van der Waals surface area (Å²) in [5.74, 6) is 0. The average molecular weight is 191 g/mol. The number of hydrogen-bond donors (Lipinski definition) is 0. The first-order valence-electron chi connectivity index (χ1n) is 5.07. The van der Waals surface area contributed by atoms with E-state index in [-0.39, 0.29) is 6.04 Å². The lowest BCUT2D eigenvalue weighted by molar-refractivity contribution is 0.175. The van der Waals surface area contributed by atoms with Gasteiger partial charge in [-0.25, -0.2) is 4.79 Å². The third-order valence-electron chi connectivity index (χ3n) is 3.38. The number of hydrogen-bond acceptors (Lipinski definition) is 4. The third kappa shape index (κ3) is 1.26. The zero-order chi connectivity index (χ0) is 10.0. The van der Waals surface area contributed by atoms with Crippen LogP contribution in [0.5, 0.6) is 0 Å². The van der Waals surface area contributed by atoms with Crippen molar-refractivity contribution in [1.29, 1.82) is 5.26 Å². The van der Waals surface area contributed by atoms with E-state index in [1.165, 1.54) is 6.42 Å². The van der Waals surface area contributed by atoms with E-state index in [2.05, 4.69) is 16.0 Å². The summed E-state index contributed by atoms with van der Waals surface area (Å²) < 4.78 is 0. The molecule has 2 aliphatic heterocycles. The molecule has 2 fully saturated rings. The Kier molecular flexibility index (Phi) is 2.37.